The summed E-state index contributed by atoms with van der Waals surface area (Å²) in [6.45, 7) is 0. The van der Waals surface area contributed by atoms with E-state index in [1.165, 1.54) is 0 Å². The molecule has 0 saturated carbocycles. The first kappa shape index (κ1) is 13.4. The molecule has 0 unspecified atom stereocenters. The largest absolute Gasteiger partial charge is 0.508 e. The Bertz CT molecular complexity index is 564. The van der Waals surface area contributed by atoms with Gasteiger partial charge in [0.2, 0.25) is 5.91 Å². The topological polar surface area (TPSA) is 40.5 Å². The monoisotopic (exact) mass is 275 g/mol. The Hall–Kier alpha value is -2.00. The van der Waals surface area contributed by atoms with Gasteiger partial charge in [-0.1, -0.05) is 23.7 Å². The molecule has 0 spiro atoms. The average Bonchev–Trinajstić information content (AvgIpc) is 2.41. The van der Waals surface area contributed by atoms with E-state index in [4.69, 9.17) is 11.6 Å². The van der Waals surface area contributed by atoms with Crippen molar-refractivity contribution in [2.24, 2.45) is 0 Å². The number of carbonyl (C=O) groups excluding carboxylic acids is 1. The highest BCUT2D eigenvalue weighted by Crippen LogP contribution is 2.18. The van der Waals surface area contributed by atoms with Crippen molar-refractivity contribution in [3.05, 3.63) is 59.1 Å². The number of rotatable bonds is 3. The smallest absolute Gasteiger partial charge is 0.231 e. The number of nitrogens with zero attached hydrogens (tertiary/aromatic N) is 1. The summed E-state index contributed by atoms with van der Waals surface area (Å²) in [5.74, 6) is 0.162. The molecule has 1 N–H and O–H groups in total. The summed E-state index contributed by atoms with van der Waals surface area (Å²) in [6, 6.07) is 13.7. The molecule has 0 bridgehead atoms. The Kier molecular flexibility index (Phi) is 4.07. The van der Waals surface area contributed by atoms with Crippen molar-refractivity contribution in [2.75, 3.05) is 11.9 Å². The maximum atomic E-state index is 12.1. The zero-order valence-electron chi connectivity index (χ0n) is 10.5. The molecule has 2 rings (SSSR count). The van der Waals surface area contributed by atoms with Crippen LogP contribution in [-0.2, 0) is 11.2 Å². The third-order valence-electron chi connectivity index (χ3n) is 2.88. The first-order chi connectivity index (χ1) is 9.06. The van der Waals surface area contributed by atoms with Crippen LogP contribution in [0.5, 0.6) is 5.75 Å². The Balaban J connectivity index is 2.07. The normalized spacial score (nSPS) is 10.2. The summed E-state index contributed by atoms with van der Waals surface area (Å²) in [7, 11) is 1.71. The van der Waals surface area contributed by atoms with Gasteiger partial charge in [0.15, 0.2) is 0 Å². The van der Waals surface area contributed by atoms with Crippen molar-refractivity contribution in [1.29, 1.82) is 0 Å². The molecular weight excluding hydrogens is 262 g/mol. The number of hydrogen-bond acceptors (Lipinski definition) is 2. The molecule has 4 heteroatoms. The highest BCUT2D eigenvalue weighted by molar-refractivity contribution is 6.30. The van der Waals surface area contributed by atoms with Gasteiger partial charge < -0.3 is 10.0 Å². The van der Waals surface area contributed by atoms with E-state index in [1.807, 2.05) is 12.1 Å². The van der Waals surface area contributed by atoms with Crippen molar-refractivity contribution in [1.82, 2.24) is 0 Å². The van der Waals surface area contributed by atoms with E-state index < -0.39 is 0 Å². The van der Waals surface area contributed by atoms with Gasteiger partial charge in [-0.15, -0.1) is 0 Å². The number of aromatic hydroxyl groups is 1. The highest BCUT2D eigenvalue weighted by Gasteiger charge is 2.11. The molecule has 0 aliphatic heterocycles. The zero-order valence-corrected chi connectivity index (χ0v) is 11.3. The van der Waals surface area contributed by atoms with Gasteiger partial charge in [-0.25, -0.2) is 0 Å². The third kappa shape index (κ3) is 3.48. The van der Waals surface area contributed by atoms with Crippen LogP contribution < -0.4 is 4.90 Å². The van der Waals surface area contributed by atoms with E-state index in [1.54, 1.807) is 48.3 Å². The van der Waals surface area contributed by atoms with E-state index in [9.17, 15) is 9.90 Å². The van der Waals surface area contributed by atoms with Gasteiger partial charge in [0.05, 0.1) is 6.42 Å². The van der Waals surface area contributed by atoms with Crippen LogP contribution in [0.4, 0.5) is 5.69 Å². The molecule has 2 aromatic rings. The van der Waals surface area contributed by atoms with Gasteiger partial charge in [-0.3, -0.25) is 4.79 Å². The van der Waals surface area contributed by atoms with E-state index in [2.05, 4.69) is 0 Å². The molecular formula is C15H14ClNO2. The molecule has 98 valence electrons. The minimum Gasteiger partial charge on any atom is -0.508 e. The first-order valence-electron chi connectivity index (χ1n) is 5.86. The number of phenolic OH excluding ortho intramolecular Hbond substituents is 1. The van der Waals surface area contributed by atoms with Gasteiger partial charge in [-0.2, -0.15) is 0 Å². The Labute approximate surface area is 117 Å². The lowest BCUT2D eigenvalue weighted by molar-refractivity contribution is -0.117. The second-order valence-electron chi connectivity index (χ2n) is 4.27. The summed E-state index contributed by atoms with van der Waals surface area (Å²) < 4.78 is 0. The maximum absolute atomic E-state index is 12.1. The highest BCUT2D eigenvalue weighted by atomic mass is 35.5. The number of halogens is 1. The van der Waals surface area contributed by atoms with E-state index in [0.717, 1.165) is 11.3 Å². The number of anilines is 1. The van der Waals surface area contributed by atoms with Gasteiger partial charge in [0.25, 0.3) is 0 Å². The van der Waals surface area contributed by atoms with Crippen LogP contribution in [-0.4, -0.2) is 18.1 Å². The minimum atomic E-state index is -0.0204. The summed E-state index contributed by atoms with van der Waals surface area (Å²) in [5.41, 5.74) is 1.66. The fraction of sp³-hybridized carbons (Fsp3) is 0.133. The molecule has 0 heterocycles. The van der Waals surface area contributed by atoms with Crippen LogP contribution in [0.25, 0.3) is 0 Å². The van der Waals surface area contributed by atoms with Crippen molar-refractivity contribution < 1.29 is 9.90 Å². The van der Waals surface area contributed by atoms with Crippen molar-refractivity contribution >= 4 is 23.2 Å². The Morgan fingerprint density at radius 1 is 1.11 bits per heavy atom. The second kappa shape index (κ2) is 5.76. The van der Waals surface area contributed by atoms with Crippen LogP contribution in [0, 0.1) is 0 Å². The lowest BCUT2D eigenvalue weighted by Crippen LogP contribution is -2.27. The van der Waals surface area contributed by atoms with Crippen LogP contribution in [0.15, 0.2) is 48.5 Å². The van der Waals surface area contributed by atoms with Crippen molar-refractivity contribution in [3.63, 3.8) is 0 Å². The molecule has 1 amide bonds. The van der Waals surface area contributed by atoms with E-state index in [0.29, 0.717) is 11.4 Å². The number of phenols is 1. The van der Waals surface area contributed by atoms with E-state index >= 15 is 0 Å². The SMILES string of the molecule is CN(C(=O)Cc1ccc(Cl)cc1)c1ccc(O)cc1. The molecule has 19 heavy (non-hydrogen) atoms. The Morgan fingerprint density at radius 2 is 1.68 bits per heavy atom. The quantitative estimate of drug-likeness (QED) is 0.934. The van der Waals surface area contributed by atoms with Gasteiger partial charge in [0.1, 0.15) is 5.75 Å². The molecule has 0 atom stereocenters. The standard InChI is InChI=1S/C15H14ClNO2/c1-17(13-6-8-14(18)9-7-13)15(19)10-11-2-4-12(16)5-3-11/h2-9,18H,10H2,1H3. The summed E-state index contributed by atoms with van der Waals surface area (Å²) in [4.78, 5) is 13.7. The molecule has 0 radical (unpaired) electrons. The molecule has 2 aromatic carbocycles. The summed E-state index contributed by atoms with van der Waals surface area (Å²) >= 11 is 5.80. The number of likely N-dealkylation sites (N-methyl/N-ethyl adjacent to an activating group) is 1. The number of benzene rings is 2. The first-order valence-corrected chi connectivity index (χ1v) is 6.24. The second-order valence-corrected chi connectivity index (χ2v) is 4.71. The number of amides is 1. The average molecular weight is 276 g/mol. The number of carbonyl (C=O) groups is 1. The molecule has 0 fully saturated rings. The van der Waals surface area contributed by atoms with Crippen LogP contribution in [0.3, 0.4) is 0 Å². The zero-order chi connectivity index (χ0) is 13.8. The number of hydrogen-bond donors (Lipinski definition) is 1. The Morgan fingerprint density at radius 3 is 2.26 bits per heavy atom. The van der Waals surface area contributed by atoms with Crippen LogP contribution in [0.1, 0.15) is 5.56 Å². The predicted molar refractivity (Wildman–Crippen MR) is 76.7 cm³/mol. The van der Waals surface area contributed by atoms with E-state index in [-0.39, 0.29) is 11.7 Å². The lowest BCUT2D eigenvalue weighted by Gasteiger charge is -2.17. The summed E-state index contributed by atoms with van der Waals surface area (Å²) in [6.07, 6.45) is 0.314. The van der Waals surface area contributed by atoms with Gasteiger partial charge >= 0.3 is 0 Å². The lowest BCUT2D eigenvalue weighted by atomic mass is 10.1. The third-order valence-corrected chi connectivity index (χ3v) is 3.13. The fourth-order valence-electron chi connectivity index (χ4n) is 1.72. The minimum absolute atomic E-state index is 0.0204. The molecule has 0 aromatic heterocycles. The van der Waals surface area contributed by atoms with Gasteiger partial charge in [-0.05, 0) is 42.0 Å². The molecule has 0 aliphatic carbocycles. The summed E-state index contributed by atoms with van der Waals surface area (Å²) in [5, 5.41) is 9.88. The maximum Gasteiger partial charge on any atom is 0.231 e. The fourth-order valence-corrected chi connectivity index (χ4v) is 1.84. The van der Waals surface area contributed by atoms with Crippen molar-refractivity contribution in [3.8, 4) is 5.75 Å². The molecule has 0 saturated heterocycles. The predicted octanol–water partition coefficient (Wildman–Crippen LogP) is 3.25. The van der Waals surface area contributed by atoms with Gasteiger partial charge in [0, 0.05) is 17.8 Å². The van der Waals surface area contributed by atoms with Crippen LogP contribution >= 0.6 is 11.6 Å². The molecule has 3 nitrogen and oxygen atoms in total. The molecule has 0 aliphatic rings. The van der Waals surface area contributed by atoms with Crippen LogP contribution in [0.2, 0.25) is 5.02 Å². The van der Waals surface area contributed by atoms with Crippen molar-refractivity contribution in [2.45, 2.75) is 6.42 Å².